The van der Waals surface area contributed by atoms with Crippen molar-refractivity contribution in [1.82, 2.24) is 4.98 Å². The first-order valence-electron chi connectivity index (χ1n) is 5.92. The van der Waals surface area contributed by atoms with Crippen molar-refractivity contribution >= 4 is 29.0 Å². The van der Waals surface area contributed by atoms with Gasteiger partial charge in [0.05, 0.1) is 10.7 Å². The minimum atomic E-state index is 0.272. The maximum Gasteiger partial charge on any atom is 0.132 e. The highest BCUT2D eigenvalue weighted by molar-refractivity contribution is 6.31. The minimum Gasteiger partial charge on any atom is -0.487 e. The number of pyridine rings is 1. The largest absolute Gasteiger partial charge is 0.487 e. The maximum atomic E-state index is 6.05. The highest BCUT2D eigenvalue weighted by Crippen LogP contribution is 2.24. The summed E-state index contributed by atoms with van der Waals surface area (Å²) in [7, 11) is 0. The monoisotopic (exact) mass is 296 g/mol. The molecule has 19 heavy (non-hydrogen) atoms. The van der Waals surface area contributed by atoms with Crippen LogP contribution in [0.4, 0.5) is 5.82 Å². The molecule has 2 rings (SSSR count). The van der Waals surface area contributed by atoms with E-state index in [1.54, 1.807) is 12.1 Å². The van der Waals surface area contributed by atoms with Crippen LogP contribution in [0.2, 0.25) is 10.0 Å². The molecule has 0 saturated carbocycles. The Bertz CT molecular complexity index is 588. The summed E-state index contributed by atoms with van der Waals surface area (Å²) >= 11 is 12.1. The molecule has 0 spiro atoms. The number of benzene rings is 1. The number of nitrogen functional groups attached to an aromatic ring is 1. The fourth-order valence-electron chi connectivity index (χ4n) is 1.67. The number of ether oxygens (including phenoxy) is 1. The van der Waals surface area contributed by atoms with Crippen LogP contribution in [-0.2, 0) is 13.0 Å². The summed E-state index contributed by atoms with van der Waals surface area (Å²) < 4.78 is 5.66. The normalized spacial score (nSPS) is 10.5. The summed E-state index contributed by atoms with van der Waals surface area (Å²) in [5, 5.41) is 1.29. The van der Waals surface area contributed by atoms with Crippen molar-refractivity contribution in [2.75, 3.05) is 5.73 Å². The van der Waals surface area contributed by atoms with Crippen LogP contribution in [0.15, 0.2) is 30.3 Å². The van der Waals surface area contributed by atoms with Crippen molar-refractivity contribution in [3.8, 4) is 5.75 Å². The van der Waals surface area contributed by atoms with Gasteiger partial charge in [0.25, 0.3) is 0 Å². The average Bonchev–Trinajstić information content (AvgIpc) is 2.41. The molecule has 100 valence electrons. The van der Waals surface area contributed by atoms with Crippen LogP contribution in [0.25, 0.3) is 0 Å². The highest BCUT2D eigenvalue weighted by Gasteiger charge is 2.05. The zero-order valence-corrected chi connectivity index (χ0v) is 12.0. The van der Waals surface area contributed by atoms with E-state index in [2.05, 4.69) is 4.98 Å². The second-order valence-corrected chi connectivity index (χ2v) is 4.87. The third-order valence-corrected chi connectivity index (χ3v) is 3.43. The zero-order chi connectivity index (χ0) is 13.8. The molecule has 0 fully saturated rings. The Morgan fingerprint density at radius 3 is 2.63 bits per heavy atom. The van der Waals surface area contributed by atoms with Gasteiger partial charge in [-0.15, -0.1) is 0 Å². The van der Waals surface area contributed by atoms with E-state index in [-0.39, 0.29) is 6.61 Å². The lowest BCUT2D eigenvalue weighted by Gasteiger charge is -2.09. The summed E-state index contributed by atoms with van der Waals surface area (Å²) in [4.78, 5) is 4.14. The fraction of sp³-hybridized carbons (Fsp3) is 0.214. The lowest BCUT2D eigenvalue weighted by molar-refractivity contribution is 0.301. The number of nitrogens with zero attached hydrogens (tertiary/aromatic N) is 1. The second kappa shape index (κ2) is 6.13. The van der Waals surface area contributed by atoms with E-state index in [9.17, 15) is 0 Å². The molecule has 0 aliphatic heterocycles. The topological polar surface area (TPSA) is 48.1 Å². The molecule has 3 nitrogen and oxygen atoms in total. The van der Waals surface area contributed by atoms with Crippen molar-refractivity contribution in [2.45, 2.75) is 20.0 Å². The Morgan fingerprint density at radius 1 is 1.16 bits per heavy atom. The SMILES string of the molecule is CCc1cc(OCc2nc(N)ccc2Cl)ccc1Cl. The molecule has 0 unspecified atom stereocenters. The molecule has 0 radical (unpaired) electrons. The number of aromatic nitrogens is 1. The number of hydrogen-bond acceptors (Lipinski definition) is 3. The van der Waals surface area contributed by atoms with E-state index < -0.39 is 0 Å². The van der Waals surface area contributed by atoms with E-state index in [0.717, 1.165) is 22.8 Å². The molecule has 0 saturated heterocycles. The van der Waals surface area contributed by atoms with Crippen LogP contribution in [0.5, 0.6) is 5.75 Å². The van der Waals surface area contributed by atoms with Gasteiger partial charge in [-0.2, -0.15) is 0 Å². The number of nitrogens with two attached hydrogens (primary N) is 1. The van der Waals surface area contributed by atoms with Gasteiger partial charge >= 0.3 is 0 Å². The van der Waals surface area contributed by atoms with Gasteiger partial charge in [0.2, 0.25) is 0 Å². The van der Waals surface area contributed by atoms with Crippen molar-refractivity contribution in [2.24, 2.45) is 0 Å². The summed E-state index contributed by atoms with van der Waals surface area (Å²) in [5.74, 6) is 1.16. The Morgan fingerprint density at radius 2 is 1.89 bits per heavy atom. The molecule has 0 aliphatic carbocycles. The lowest BCUT2D eigenvalue weighted by Crippen LogP contribution is -2.02. The van der Waals surface area contributed by atoms with Crippen molar-refractivity contribution in [3.63, 3.8) is 0 Å². The van der Waals surface area contributed by atoms with Crippen LogP contribution in [0, 0.1) is 0 Å². The van der Waals surface area contributed by atoms with Crippen LogP contribution in [0.1, 0.15) is 18.2 Å². The number of hydrogen-bond donors (Lipinski definition) is 1. The first-order chi connectivity index (χ1) is 9.10. The first-order valence-corrected chi connectivity index (χ1v) is 6.68. The van der Waals surface area contributed by atoms with Crippen LogP contribution < -0.4 is 10.5 Å². The molecule has 2 aromatic rings. The molecule has 0 aliphatic rings. The quantitative estimate of drug-likeness (QED) is 0.923. The van der Waals surface area contributed by atoms with Gasteiger partial charge in [-0.05, 0) is 42.3 Å². The van der Waals surface area contributed by atoms with E-state index in [0.29, 0.717) is 16.5 Å². The smallest absolute Gasteiger partial charge is 0.132 e. The fourth-order valence-corrected chi connectivity index (χ4v) is 2.08. The summed E-state index contributed by atoms with van der Waals surface area (Å²) in [6.07, 6.45) is 0.854. The van der Waals surface area contributed by atoms with Gasteiger partial charge in [-0.3, -0.25) is 0 Å². The maximum absolute atomic E-state index is 6.05. The number of anilines is 1. The predicted octanol–water partition coefficient (Wildman–Crippen LogP) is 4.11. The molecular weight excluding hydrogens is 283 g/mol. The molecule has 5 heteroatoms. The average molecular weight is 297 g/mol. The lowest BCUT2D eigenvalue weighted by atomic mass is 10.1. The zero-order valence-electron chi connectivity index (χ0n) is 10.5. The van der Waals surface area contributed by atoms with Gasteiger partial charge in [0, 0.05) is 5.02 Å². The highest BCUT2D eigenvalue weighted by atomic mass is 35.5. The Balaban J connectivity index is 2.12. The van der Waals surface area contributed by atoms with E-state index >= 15 is 0 Å². The predicted molar refractivity (Wildman–Crippen MR) is 78.8 cm³/mol. The van der Waals surface area contributed by atoms with E-state index in [1.165, 1.54) is 0 Å². The molecule has 0 bridgehead atoms. The third-order valence-electron chi connectivity index (χ3n) is 2.71. The summed E-state index contributed by atoms with van der Waals surface area (Å²) in [6.45, 7) is 2.32. The van der Waals surface area contributed by atoms with Crippen LogP contribution in [0.3, 0.4) is 0 Å². The Labute approximate surface area is 122 Å². The van der Waals surface area contributed by atoms with Crippen LogP contribution >= 0.6 is 23.2 Å². The molecule has 1 aromatic heterocycles. The van der Waals surface area contributed by atoms with E-state index in [1.807, 2.05) is 25.1 Å². The third kappa shape index (κ3) is 3.52. The Hall–Kier alpha value is -1.45. The van der Waals surface area contributed by atoms with Gasteiger partial charge in [-0.25, -0.2) is 4.98 Å². The molecule has 0 amide bonds. The first kappa shape index (κ1) is 14.0. The molecule has 1 heterocycles. The summed E-state index contributed by atoms with van der Waals surface area (Å²) in [5.41, 5.74) is 7.29. The number of rotatable bonds is 4. The summed E-state index contributed by atoms with van der Waals surface area (Å²) in [6, 6.07) is 8.93. The number of halogens is 2. The number of aryl methyl sites for hydroxylation is 1. The Kier molecular flexibility index (Phi) is 4.51. The molecule has 2 N–H and O–H groups in total. The van der Waals surface area contributed by atoms with Gasteiger partial charge < -0.3 is 10.5 Å². The molecule has 1 aromatic carbocycles. The minimum absolute atomic E-state index is 0.272. The van der Waals surface area contributed by atoms with E-state index in [4.69, 9.17) is 33.7 Å². The standard InChI is InChI=1S/C14H14Cl2N2O/c1-2-9-7-10(3-4-11(9)15)19-8-13-12(16)5-6-14(17)18-13/h3-7H,2,8H2,1H3,(H2,17,18). The second-order valence-electron chi connectivity index (χ2n) is 4.06. The van der Waals surface area contributed by atoms with Gasteiger partial charge in [-0.1, -0.05) is 30.1 Å². The molecule has 0 atom stereocenters. The van der Waals surface area contributed by atoms with Crippen molar-refractivity contribution < 1.29 is 4.74 Å². The van der Waals surface area contributed by atoms with Gasteiger partial charge in [0.15, 0.2) is 0 Å². The van der Waals surface area contributed by atoms with Crippen molar-refractivity contribution in [1.29, 1.82) is 0 Å². The van der Waals surface area contributed by atoms with Crippen molar-refractivity contribution in [3.05, 3.63) is 51.6 Å². The van der Waals surface area contributed by atoms with Gasteiger partial charge in [0.1, 0.15) is 18.2 Å². The van der Waals surface area contributed by atoms with Crippen LogP contribution in [-0.4, -0.2) is 4.98 Å². The molecular formula is C14H14Cl2N2O.